The quantitative estimate of drug-likeness (QED) is 0.582. The standard InChI is InChI=1S/C12H13N5OS/c1-8(18)15-9-2-4-10(5-3-9)19-12-7-14-6-11(16-12)17-13/h2-7H,13H2,1H3,(H,15,18)(H,16,17). The number of hydrogen-bond acceptors (Lipinski definition) is 6. The first-order valence-corrected chi connectivity index (χ1v) is 6.33. The molecule has 0 saturated heterocycles. The molecule has 0 radical (unpaired) electrons. The molecule has 0 aliphatic rings. The van der Waals surface area contributed by atoms with E-state index in [0.29, 0.717) is 5.82 Å². The van der Waals surface area contributed by atoms with Crippen molar-refractivity contribution in [1.29, 1.82) is 0 Å². The minimum Gasteiger partial charge on any atom is -0.326 e. The van der Waals surface area contributed by atoms with E-state index < -0.39 is 0 Å². The first-order valence-electron chi connectivity index (χ1n) is 5.51. The third kappa shape index (κ3) is 3.94. The van der Waals surface area contributed by atoms with Crippen molar-refractivity contribution in [2.75, 3.05) is 10.7 Å². The zero-order valence-electron chi connectivity index (χ0n) is 10.3. The summed E-state index contributed by atoms with van der Waals surface area (Å²) in [5.74, 6) is 5.70. The van der Waals surface area contributed by atoms with Crippen LogP contribution < -0.4 is 16.6 Å². The molecule has 2 rings (SSSR count). The third-order valence-electron chi connectivity index (χ3n) is 2.16. The number of nitrogens with two attached hydrogens (primary N) is 1. The van der Waals surface area contributed by atoms with Crippen molar-refractivity contribution in [1.82, 2.24) is 9.97 Å². The van der Waals surface area contributed by atoms with Gasteiger partial charge in [0.15, 0.2) is 5.82 Å². The van der Waals surface area contributed by atoms with Crippen LogP contribution in [0.5, 0.6) is 0 Å². The van der Waals surface area contributed by atoms with Crippen LogP contribution in [0, 0.1) is 0 Å². The second-order valence-corrected chi connectivity index (χ2v) is 4.79. The Morgan fingerprint density at radius 2 is 2.00 bits per heavy atom. The van der Waals surface area contributed by atoms with Gasteiger partial charge in [-0.15, -0.1) is 0 Å². The first kappa shape index (κ1) is 13.3. The van der Waals surface area contributed by atoms with E-state index in [-0.39, 0.29) is 5.91 Å². The lowest BCUT2D eigenvalue weighted by Gasteiger charge is -2.05. The number of carbonyl (C=O) groups is 1. The number of carbonyl (C=O) groups excluding carboxylic acids is 1. The molecule has 6 nitrogen and oxygen atoms in total. The van der Waals surface area contributed by atoms with Gasteiger partial charge < -0.3 is 10.7 Å². The molecule has 0 aliphatic heterocycles. The molecule has 19 heavy (non-hydrogen) atoms. The second-order valence-electron chi connectivity index (χ2n) is 3.69. The number of hydrogen-bond donors (Lipinski definition) is 3. The van der Waals surface area contributed by atoms with Crippen LogP contribution >= 0.6 is 11.8 Å². The van der Waals surface area contributed by atoms with Gasteiger partial charge in [-0.2, -0.15) is 0 Å². The Balaban J connectivity index is 2.08. The summed E-state index contributed by atoms with van der Waals surface area (Å²) in [6.07, 6.45) is 3.21. The monoisotopic (exact) mass is 275 g/mol. The number of rotatable bonds is 4. The van der Waals surface area contributed by atoms with E-state index in [0.717, 1.165) is 15.6 Å². The topological polar surface area (TPSA) is 92.9 Å². The lowest BCUT2D eigenvalue weighted by atomic mass is 10.3. The molecule has 2 aromatic rings. The Morgan fingerprint density at radius 3 is 2.63 bits per heavy atom. The van der Waals surface area contributed by atoms with Gasteiger partial charge in [-0.3, -0.25) is 9.78 Å². The van der Waals surface area contributed by atoms with Gasteiger partial charge >= 0.3 is 0 Å². The van der Waals surface area contributed by atoms with Gasteiger partial charge in [-0.05, 0) is 24.3 Å². The van der Waals surface area contributed by atoms with E-state index in [1.54, 1.807) is 12.4 Å². The summed E-state index contributed by atoms with van der Waals surface area (Å²) in [6, 6.07) is 7.48. The summed E-state index contributed by atoms with van der Waals surface area (Å²) < 4.78 is 0. The first-order chi connectivity index (χ1) is 9.17. The van der Waals surface area contributed by atoms with Crippen LogP contribution in [0.1, 0.15) is 6.92 Å². The maximum absolute atomic E-state index is 10.9. The molecule has 0 unspecified atom stereocenters. The number of nitrogen functional groups attached to an aromatic ring is 1. The molecule has 4 N–H and O–H groups in total. The predicted molar refractivity (Wildman–Crippen MR) is 74.7 cm³/mol. The van der Waals surface area contributed by atoms with E-state index >= 15 is 0 Å². The molecule has 1 amide bonds. The van der Waals surface area contributed by atoms with Crippen LogP contribution in [0.25, 0.3) is 0 Å². The number of nitrogens with zero attached hydrogens (tertiary/aromatic N) is 2. The summed E-state index contributed by atoms with van der Waals surface area (Å²) in [6.45, 7) is 1.48. The van der Waals surface area contributed by atoms with Crippen LogP contribution in [0.2, 0.25) is 0 Å². The molecule has 7 heteroatoms. The Bertz CT molecular complexity index is 573. The van der Waals surface area contributed by atoms with Crippen LogP contribution in [0.3, 0.4) is 0 Å². The van der Waals surface area contributed by atoms with E-state index in [2.05, 4.69) is 20.7 Å². The van der Waals surface area contributed by atoms with Crippen LogP contribution in [0.15, 0.2) is 46.6 Å². The van der Waals surface area contributed by atoms with Crippen molar-refractivity contribution in [2.24, 2.45) is 5.84 Å². The fourth-order valence-electron chi connectivity index (χ4n) is 1.40. The fourth-order valence-corrected chi connectivity index (χ4v) is 2.17. The summed E-state index contributed by atoms with van der Waals surface area (Å²) in [7, 11) is 0. The summed E-state index contributed by atoms with van der Waals surface area (Å²) in [5.41, 5.74) is 3.21. The highest BCUT2D eigenvalue weighted by molar-refractivity contribution is 7.99. The Labute approximate surface area is 114 Å². The number of hydrazine groups is 1. The van der Waals surface area contributed by atoms with Gasteiger partial charge in [0.25, 0.3) is 0 Å². The normalized spacial score (nSPS) is 10.0. The number of aromatic nitrogens is 2. The van der Waals surface area contributed by atoms with Crippen LogP contribution in [-0.2, 0) is 4.79 Å². The molecule has 0 spiro atoms. The Hall–Kier alpha value is -2.12. The molecule has 1 aromatic heterocycles. The minimum absolute atomic E-state index is 0.0898. The van der Waals surface area contributed by atoms with Gasteiger partial charge in [-0.1, -0.05) is 11.8 Å². The summed E-state index contributed by atoms with van der Waals surface area (Å²) >= 11 is 1.46. The zero-order valence-corrected chi connectivity index (χ0v) is 11.1. The minimum atomic E-state index is -0.0898. The summed E-state index contributed by atoms with van der Waals surface area (Å²) in [4.78, 5) is 20.2. The average Bonchev–Trinajstić information content (AvgIpc) is 2.41. The van der Waals surface area contributed by atoms with Crippen molar-refractivity contribution in [3.63, 3.8) is 0 Å². The molecule has 0 atom stereocenters. The highest BCUT2D eigenvalue weighted by atomic mass is 32.2. The molecule has 0 aliphatic carbocycles. The Morgan fingerprint density at radius 1 is 1.26 bits per heavy atom. The SMILES string of the molecule is CC(=O)Nc1ccc(Sc2cncc(NN)n2)cc1. The van der Waals surface area contributed by atoms with Gasteiger partial charge in [0.2, 0.25) is 5.91 Å². The van der Waals surface area contributed by atoms with Crippen molar-refractivity contribution in [3.05, 3.63) is 36.7 Å². The third-order valence-corrected chi connectivity index (χ3v) is 3.07. The van der Waals surface area contributed by atoms with Crippen molar-refractivity contribution >= 4 is 29.2 Å². The van der Waals surface area contributed by atoms with Gasteiger partial charge in [0, 0.05) is 17.5 Å². The largest absolute Gasteiger partial charge is 0.326 e. The molecular weight excluding hydrogens is 262 g/mol. The van der Waals surface area contributed by atoms with Crippen LogP contribution in [0.4, 0.5) is 11.5 Å². The molecule has 98 valence electrons. The lowest BCUT2D eigenvalue weighted by molar-refractivity contribution is -0.114. The zero-order chi connectivity index (χ0) is 13.7. The van der Waals surface area contributed by atoms with E-state index in [4.69, 9.17) is 5.84 Å². The highest BCUT2D eigenvalue weighted by Crippen LogP contribution is 2.27. The predicted octanol–water partition coefficient (Wildman–Crippen LogP) is 1.87. The number of anilines is 2. The number of benzene rings is 1. The molecule has 0 bridgehead atoms. The molecule has 1 aromatic carbocycles. The lowest BCUT2D eigenvalue weighted by Crippen LogP contribution is -2.08. The van der Waals surface area contributed by atoms with Crippen molar-refractivity contribution in [3.8, 4) is 0 Å². The molecule has 1 heterocycles. The van der Waals surface area contributed by atoms with E-state index in [9.17, 15) is 4.79 Å². The van der Waals surface area contributed by atoms with Crippen molar-refractivity contribution < 1.29 is 4.79 Å². The smallest absolute Gasteiger partial charge is 0.221 e. The fraction of sp³-hybridized carbons (Fsp3) is 0.0833. The van der Waals surface area contributed by atoms with Crippen LogP contribution in [-0.4, -0.2) is 15.9 Å². The highest BCUT2D eigenvalue weighted by Gasteiger charge is 2.02. The van der Waals surface area contributed by atoms with E-state index in [1.165, 1.54) is 18.7 Å². The average molecular weight is 275 g/mol. The van der Waals surface area contributed by atoms with E-state index in [1.807, 2.05) is 24.3 Å². The van der Waals surface area contributed by atoms with Gasteiger partial charge in [-0.25, -0.2) is 10.8 Å². The molecule has 0 saturated carbocycles. The Kier molecular flexibility index (Phi) is 4.32. The molecule has 0 fully saturated rings. The number of nitrogens with one attached hydrogen (secondary N) is 2. The summed E-state index contributed by atoms with van der Waals surface area (Å²) in [5, 5.41) is 3.45. The number of amides is 1. The maximum atomic E-state index is 10.9. The molecular formula is C12H13N5OS. The second kappa shape index (κ2) is 6.17. The maximum Gasteiger partial charge on any atom is 0.221 e. The van der Waals surface area contributed by atoms with Gasteiger partial charge in [0.05, 0.1) is 12.4 Å². The van der Waals surface area contributed by atoms with Crippen molar-refractivity contribution in [2.45, 2.75) is 16.8 Å². The van der Waals surface area contributed by atoms with Gasteiger partial charge in [0.1, 0.15) is 5.03 Å².